The fraction of sp³-hybridized carbons (Fsp3) is 0.240. The molecule has 3 aromatic heterocycles. The number of halogens is 1. The number of rotatable bonds is 10. The number of nitrogen functional groups attached to an aromatic ring is 1. The Morgan fingerprint density at radius 2 is 2.05 bits per heavy atom. The Bertz CT molecular complexity index is 1460. The highest BCUT2D eigenvalue weighted by molar-refractivity contribution is 6.30. The van der Waals surface area contributed by atoms with E-state index in [2.05, 4.69) is 30.9 Å². The van der Waals surface area contributed by atoms with Crippen molar-refractivity contribution in [3.05, 3.63) is 64.6 Å². The van der Waals surface area contributed by atoms with E-state index >= 15 is 0 Å². The van der Waals surface area contributed by atoms with E-state index in [1.54, 1.807) is 24.8 Å². The molecule has 38 heavy (non-hydrogen) atoms. The van der Waals surface area contributed by atoms with Crippen molar-refractivity contribution in [2.45, 2.75) is 20.0 Å². The van der Waals surface area contributed by atoms with Crippen LogP contribution >= 0.6 is 11.6 Å². The van der Waals surface area contributed by atoms with Crippen molar-refractivity contribution in [2.24, 2.45) is 7.05 Å². The minimum Gasteiger partial charge on any atom is -0.494 e. The number of nitrogens with zero attached hydrogens (tertiary/aromatic N) is 5. The molecule has 0 radical (unpaired) electrons. The first kappa shape index (κ1) is 26.6. The highest BCUT2D eigenvalue weighted by Gasteiger charge is 2.20. The second-order valence-corrected chi connectivity index (χ2v) is 8.71. The van der Waals surface area contributed by atoms with Gasteiger partial charge in [-0.1, -0.05) is 17.7 Å². The average molecular weight is 539 g/mol. The molecule has 1 aromatic carbocycles. The summed E-state index contributed by atoms with van der Waals surface area (Å²) in [5.41, 5.74) is 10.3. The summed E-state index contributed by atoms with van der Waals surface area (Å²) >= 11 is 6.21. The Morgan fingerprint density at radius 3 is 2.74 bits per heavy atom. The number of benzene rings is 1. The Hall–Kier alpha value is -4.42. The lowest BCUT2D eigenvalue weighted by atomic mass is 10.0. The van der Waals surface area contributed by atoms with Crippen molar-refractivity contribution in [1.29, 1.82) is 0 Å². The van der Waals surface area contributed by atoms with Gasteiger partial charge in [-0.05, 0) is 49.2 Å². The van der Waals surface area contributed by atoms with Gasteiger partial charge in [0.15, 0.2) is 16.7 Å². The standard InChI is InChI=1S/C25H27ClN8O4/c1-14-21(24(30-25(35)36)32-31-23(14)26)29-19-12-15(8-10-38-13-16-5-4-6-20(27)28-16)11-17(22(19)37-3)18-7-9-34(2)33-18/h4-7,9,11-12H,8,10,13H2,1-3H3,(H2,27,28)(H,29,31)(H,30,32)(H,35,36). The number of anilines is 4. The third kappa shape index (κ3) is 6.28. The number of amides is 1. The molecule has 0 aliphatic rings. The smallest absolute Gasteiger partial charge is 0.410 e. The van der Waals surface area contributed by atoms with Crippen LogP contribution in [0.25, 0.3) is 11.3 Å². The minimum absolute atomic E-state index is 0.00390. The highest BCUT2D eigenvalue weighted by Crippen LogP contribution is 2.41. The molecular weight excluding hydrogens is 512 g/mol. The molecule has 0 spiro atoms. The Labute approximate surface area is 223 Å². The van der Waals surface area contributed by atoms with Gasteiger partial charge in [-0.2, -0.15) is 5.10 Å². The zero-order valence-electron chi connectivity index (χ0n) is 21.0. The van der Waals surface area contributed by atoms with Gasteiger partial charge in [-0.25, -0.2) is 9.78 Å². The topological polar surface area (TPSA) is 162 Å². The zero-order valence-corrected chi connectivity index (χ0v) is 21.8. The number of pyridine rings is 1. The van der Waals surface area contributed by atoms with E-state index < -0.39 is 6.09 Å². The molecule has 0 unspecified atom stereocenters. The molecule has 13 heteroatoms. The van der Waals surface area contributed by atoms with Crippen molar-refractivity contribution >= 4 is 40.7 Å². The highest BCUT2D eigenvalue weighted by atomic mass is 35.5. The SMILES string of the molecule is COc1c(Nc2c(NC(=O)O)nnc(Cl)c2C)cc(CCOCc2cccc(N)n2)cc1-c1ccn(C)n1. The fourth-order valence-electron chi connectivity index (χ4n) is 3.82. The van der Waals surface area contributed by atoms with Crippen molar-refractivity contribution < 1.29 is 19.4 Å². The number of carbonyl (C=O) groups is 1. The van der Waals surface area contributed by atoms with E-state index in [9.17, 15) is 9.90 Å². The maximum atomic E-state index is 11.4. The summed E-state index contributed by atoms with van der Waals surface area (Å²) in [5, 5.41) is 27.2. The van der Waals surface area contributed by atoms with Crippen molar-refractivity contribution in [2.75, 3.05) is 30.1 Å². The molecule has 3 heterocycles. The Balaban J connectivity index is 1.68. The molecule has 5 N–H and O–H groups in total. The van der Waals surface area contributed by atoms with Gasteiger partial charge in [0.2, 0.25) is 0 Å². The van der Waals surface area contributed by atoms with E-state index in [0.29, 0.717) is 53.8 Å². The summed E-state index contributed by atoms with van der Waals surface area (Å²) in [6.45, 7) is 2.45. The summed E-state index contributed by atoms with van der Waals surface area (Å²) in [4.78, 5) is 15.6. The van der Waals surface area contributed by atoms with Gasteiger partial charge in [0.05, 0.1) is 43.1 Å². The Morgan fingerprint density at radius 1 is 1.24 bits per heavy atom. The normalized spacial score (nSPS) is 10.8. The van der Waals surface area contributed by atoms with Gasteiger partial charge in [-0.3, -0.25) is 10.00 Å². The van der Waals surface area contributed by atoms with Crippen molar-refractivity contribution in [3.8, 4) is 17.0 Å². The lowest BCUT2D eigenvalue weighted by Gasteiger charge is -2.19. The average Bonchev–Trinajstić information content (AvgIpc) is 3.32. The van der Waals surface area contributed by atoms with E-state index in [-0.39, 0.29) is 11.0 Å². The quantitative estimate of drug-likeness (QED) is 0.212. The van der Waals surface area contributed by atoms with Gasteiger partial charge in [-0.15, -0.1) is 10.2 Å². The number of hydrogen-bond acceptors (Lipinski definition) is 9. The molecule has 0 bridgehead atoms. The van der Waals surface area contributed by atoms with E-state index in [0.717, 1.165) is 16.8 Å². The van der Waals surface area contributed by atoms with Gasteiger partial charge >= 0.3 is 6.09 Å². The van der Waals surface area contributed by atoms with Crippen LogP contribution in [0.4, 0.5) is 27.8 Å². The molecule has 0 saturated heterocycles. The van der Waals surface area contributed by atoms with Crippen LogP contribution in [0.15, 0.2) is 42.6 Å². The van der Waals surface area contributed by atoms with E-state index in [1.807, 2.05) is 43.6 Å². The maximum absolute atomic E-state index is 11.4. The minimum atomic E-state index is -1.29. The van der Waals surface area contributed by atoms with Crippen molar-refractivity contribution in [1.82, 2.24) is 25.0 Å². The molecule has 0 aliphatic carbocycles. The first-order valence-electron chi connectivity index (χ1n) is 11.5. The first-order chi connectivity index (χ1) is 18.2. The maximum Gasteiger partial charge on any atom is 0.410 e. The molecule has 4 rings (SSSR count). The Kier molecular flexibility index (Phi) is 8.24. The number of aromatic nitrogens is 5. The van der Waals surface area contributed by atoms with Gasteiger partial charge in [0, 0.05) is 24.4 Å². The number of methoxy groups -OCH3 is 1. The summed E-state index contributed by atoms with van der Waals surface area (Å²) in [6, 6.07) is 11.2. The third-order valence-corrected chi connectivity index (χ3v) is 5.96. The van der Waals surface area contributed by atoms with Gasteiger partial charge < -0.3 is 25.6 Å². The van der Waals surface area contributed by atoms with Crippen LogP contribution in [0.2, 0.25) is 5.15 Å². The van der Waals surface area contributed by atoms with Gasteiger partial charge in [0.25, 0.3) is 0 Å². The van der Waals surface area contributed by atoms with Crippen LogP contribution < -0.4 is 21.1 Å². The van der Waals surface area contributed by atoms with Crippen LogP contribution in [0, 0.1) is 6.92 Å². The lowest BCUT2D eigenvalue weighted by Crippen LogP contribution is -2.13. The van der Waals surface area contributed by atoms with Gasteiger partial charge in [0.1, 0.15) is 5.82 Å². The van der Waals surface area contributed by atoms with E-state index in [1.165, 1.54) is 0 Å². The monoisotopic (exact) mass is 538 g/mol. The summed E-state index contributed by atoms with van der Waals surface area (Å²) < 4.78 is 13.3. The van der Waals surface area contributed by atoms with Crippen LogP contribution in [0.3, 0.4) is 0 Å². The first-order valence-corrected chi connectivity index (χ1v) is 11.9. The largest absolute Gasteiger partial charge is 0.494 e. The van der Waals surface area contributed by atoms with Crippen LogP contribution in [0.5, 0.6) is 5.75 Å². The second-order valence-electron chi connectivity index (χ2n) is 8.35. The number of nitrogens with two attached hydrogens (primary N) is 1. The molecule has 0 aliphatic heterocycles. The fourth-order valence-corrected chi connectivity index (χ4v) is 3.95. The van der Waals surface area contributed by atoms with E-state index in [4.69, 9.17) is 26.8 Å². The number of ether oxygens (including phenoxy) is 2. The summed E-state index contributed by atoms with van der Waals surface area (Å²) in [6.07, 6.45) is 1.11. The van der Waals surface area contributed by atoms with Crippen molar-refractivity contribution in [3.63, 3.8) is 0 Å². The zero-order chi connectivity index (χ0) is 27.2. The predicted molar refractivity (Wildman–Crippen MR) is 144 cm³/mol. The molecule has 198 valence electrons. The molecule has 0 fully saturated rings. The summed E-state index contributed by atoms with van der Waals surface area (Å²) in [7, 11) is 3.38. The number of aryl methyl sites for hydroxylation is 1. The lowest BCUT2D eigenvalue weighted by molar-refractivity contribution is 0.121. The number of carboxylic acid groups (broad SMARTS) is 1. The van der Waals surface area contributed by atoms with Crippen LogP contribution in [0.1, 0.15) is 16.8 Å². The number of hydrogen-bond donors (Lipinski definition) is 4. The molecule has 12 nitrogen and oxygen atoms in total. The predicted octanol–water partition coefficient (Wildman–Crippen LogP) is 4.42. The molecule has 0 saturated carbocycles. The molecule has 1 amide bonds. The molecular formula is C25H27ClN8O4. The molecule has 0 atom stereocenters. The second kappa shape index (κ2) is 11.8. The number of nitrogens with one attached hydrogen (secondary N) is 2. The van der Waals surface area contributed by atoms with Crippen LogP contribution in [-0.2, 0) is 24.8 Å². The van der Waals surface area contributed by atoms with Crippen LogP contribution in [-0.4, -0.2) is 49.9 Å². The summed E-state index contributed by atoms with van der Waals surface area (Å²) in [5.74, 6) is 0.949. The third-order valence-electron chi connectivity index (χ3n) is 5.60. The molecule has 4 aromatic rings.